The van der Waals surface area contributed by atoms with Crippen LogP contribution < -0.4 is 10.3 Å². The van der Waals surface area contributed by atoms with Crippen molar-refractivity contribution in [2.45, 2.75) is 6.61 Å². The molecule has 0 spiro atoms. The van der Waals surface area contributed by atoms with E-state index in [1.54, 1.807) is 18.3 Å². The summed E-state index contributed by atoms with van der Waals surface area (Å²) in [4.78, 5) is 16.5. The van der Waals surface area contributed by atoms with Gasteiger partial charge in [-0.15, -0.1) is 0 Å². The molecule has 1 aliphatic rings. The molecule has 3 aromatic rings. The second kappa shape index (κ2) is 6.45. The van der Waals surface area contributed by atoms with Gasteiger partial charge in [-0.25, -0.2) is 0 Å². The predicted molar refractivity (Wildman–Crippen MR) is 99.7 cm³/mol. The summed E-state index contributed by atoms with van der Waals surface area (Å²) < 4.78 is 5.72. The summed E-state index contributed by atoms with van der Waals surface area (Å²) in [7, 11) is 0. The molecule has 0 bridgehead atoms. The Labute approximate surface area is 148 Å². The Bertz CT molecular complexity index is 1050. The summed E-state index contributed by atoms with van der Waals surface area (Å²) in [6.07, 6.45) is 3.58. The maximum Gasteiger partial charge on any atom is 0.271 e. The van der Waals surface area contributed by atoms with E-state index in [1.807, 2.05) is 42.5 Å². The van der Waals surface area contributed by atoms with Crippen LogP contribution in [0.5, 0.6) is 5.75 Å². The predicted octanol–water partition coefficient (Wildman–Crippen LogP) is 4.19. The van der Waals surface area contributed by atoms with E-state index < -0.39 is 0 Å². The molecule has 0 saturated carbocycles. The minimum Gasteiger partial charge on any atom is -0.487 e. The third kappa shape index (κ3) is 3.14. The number of aliphatic imine (C=N–C) groups is 1. The SMILES string of the molecule is O=c1[nH][nH]c(COc2cccc(Cl)c2)c1/C=C1/C=Nc2ccccc21. The molecule has 25 heavy (non-hydrogen) atoms. The zero-order valence-corrected chi connectivity index (χ0v) is 13.9. The van der Waals surface area contributed by atoms with Gasteiger partial charge in [-0.1, -0.05) is 35.9 Å². The second-order valence-electron chi connectivity index (χ2n) is 5.59. The summed E-state index contributed by atoms with van der Waals surface area (Å²) in [5, 5.41) is 6.08. The Morgan fingerprint density at radius 3 is 2.88 bits per heavy atom. The molecule has 0 saturated heterocycles. The fourth-order valence-electron chi connectivity index (χ4n) is 2.69. The number of halogens is 1. The van der Waals surface area contributed by atoms with Crippen LogP contribution in [0.15, 0.2) is 58.3 Å². The Balaban J connectivity index is 1.62. The maximum atomic E-state index is 12.2. The Kier molecular flexibility index (Phi) is 3.99. The number of benzene rings is 2. The first-order valence-corrected chi connectivity index (χ1v) is 8.11. The highest BCUT2D eigenvalue weighted by Crippen LogP contribution is 2.32. The largest absolute Gasteiger partial charge is 0.487 e. The van der Waals surface area contributed by atoms with Crippen LogP contribution in [0.4, 0.5) is 5.69 Å². The van der Waals surface area contributed by atoms with E-state index in [-0.39, 0.29) is 12.2 Å². The first-order valence-electron chi connectivity index (χ1n) is 7.74. The zero-order valence-electron chi connectivity index (χ0n) is 13.1. The lowest BCUT2D eigenvalue weighted by molar-refractivity contribution is 0.301. The van der Waals surface area contributed by atoms with Gasteiger partial charge in [-0.2, -0.15) is 0 Å². The van der Waals surface area contributed by atoms with Crippen molar-refractivity contribution in [2.75, 3.05) is 0 Å². The number of aromatic nitrogens is 2. The molecule has 124 valence electrons. The fourth-order valence-corrected chi connectivity index (χ4v) is 2.87. The van der Waals surface area contributed by atoms with Crippen LogP contribution in [0.3, 0.4) is 0 Å². The van der Waals surface area contributed by atoms with Crippen molar-refractivity contribution >= 4 is 35.2 Å². The Morgan fingerprint density at radius 1 is 1.12 bits per heavy atom. The number of aromatic amines is 2. The van der Waals surface area contributed by atoms with E-state index in [1.165, 1.54) is 0 Å². The summed E-state index contributed by atoms with van der Waals surface area (Å²) in [6, 6.07) is 14.9. The molecule has 2 N–H and O–H groups in total. The molecular formula is C19H14ClN3O2. The number of rotatable bonds is 4. The smallest absolute Gasteiger partial charge is 0.271 e. The van der Waals surface area contributed by atoms with Crippen LogP contribution in [0.1, 0.15) is 16.8 Å². The molecule has 5 nitrogen and oxygen atoms in total. The molecule has 1 aromatic heterocycles. The van der Waals surface area contributed by atoms with E-state index in [9.17, 15) is 4.79 Å². The fraction of sp³-hybridized carbons (Fsp3) is 0.0526. The van der Waals surface area contributed by atoms with Gasteiger partial charge in [0.1, 0.15) is 12.4 Å². The van der Waals surface area contributed by atoms with Gasteiger partial charge in [0.05, 0.1) is 16.9 Å². The highest BCUT2D eigenvalue weighted by Gasteiger charge is 2.14. The van der Waals surface area contributed by atoms with Crippen LogP contribution in [0.25, 0.3) is 11.6 Å². The van der Waals surface area contributed by atoms with Crippen molar-refractivity contribution < 1.29 is 4.74 Å². The molecule has 0 aliphatic carbocycles. The first-order chi connectivity index (χ1) is 12.2. The number of nitrogens with zero attached hydrogens (tertiary/aromatic N) is 1. The standard InChI is InChI=1S/C19H14ClN3O2/c20-13-4-3-5-14(9-13)25-11-18-16(19(24)23-22-18)8-12-10-21-17-7-2-1-6-15(12)17/h1-10H,11H2,(H2,22,23,24)/b12-8-. The lowest BCUT2D eigenvalue weighted by Gasteiger charge is -2.06. The number of allylic oxidation sites excluding steroid dienone is 1. The number of hydrogen-bond acceptors (Lipinski definition) is 3. The number of ether oxygens (including phenoxy) is 1. The molecule has 6 heteroatoms. The van der Waals surface area contributed by atoms with E-state index >= 15 is 0 Å². The van der Waals surface area contributed by atoms with Crippen molar-refractivity contribution in [3.63, 3.8) is 0 Å². The zero-order chi connectivity index (χ0) is 17.2. The topological polar surface area (TPSA) is 70.2 Å². The van der Waals surface area contributed by atoms with E-state index in [2.05, 4.69) is 15.2 Å². The summed E-state index contributed by atoms with van der Waals surface area (Å²) in [5.74, 6) is 0.640. The highest BCUT2D eigenvalue weighted by molar-refractivity contribution is 6.30. The van der Waals surface area contributed by atoms with E-state index in [4.69, 9.17) is 16.3 Å². The molecule has 2 heterocycles. The average molecular weight is 352 g/mol. The summed E-state index contributed by atoms with van der Waals surface area (Å²) >= 11 is 5.96. The average Bonchev–Trinajstić information content (AvgIpc) is 3.18. The number of nitrogens with one attached hydrogen (secondary N) is 2. The molecule has 0 radical (unpaired) electrons. The molecule has 0 unspecified atom stereocenters. The van der Waals surface area contributed by atoms with Crippen LogP contribution in [-0.4, -0.2) is 16.4 Å². The maximum absolute atomic E-state index is 12.2. The van der Waals surface area contributed by atoms with Gasteiger partial charge in [-0.3, -0.25) is 20.0 Å². The number of fused-ring (bicyclic) bond motifs is 1. The normalized spacial score (nSPS) is 14.0. The molecule has 4 rings (SSSR count). The van der Waals surface area contributed by atoms with Crippen LogP contribution in [0.2, 0.25) is 5.02 Å². The van der Waals surface area contributed by atoms with Crippen LogP contribution >= 0.6 is 11.6 Å². The third-order valence-electron chi connectivity index (χ3n) is 3.93. The van der Waals surface area contributed by atoms with Crippen molar-refractivity contribution in [2.24, 2.45) is 4.99 Å². The van der Waals surface area contributed by atoms with Gasteiger partial charge in [0.25, 0.3) is 5.56 Å². The molecule has 0 atom stereocenters. The van der Waals surface area contributed by atoms with Crippen molar-refractivity contribution in [1.82, 2.24) is 10.2 Å². The van der Waals surface area contributed by atoms with Gasteiger partial charge in [0.15, 0.2) is 0 Å². The van der Waals surface area contributed by atoms with Crippen LogP contribution in [-0.2, 0) is 6.61 Å². The number of H-pyrrole nitrogens is 2. The minimum absolute atomic E-state index is 0.199. The highest BCUT2D eigenvalue weighted by atomic mass is 35.5. The van der Waals surface area contributed by atoms with Crippen molar-refractivity contribution in [3.8, 4) is 5.75 Å². The molecule has 0 amide bonds. The lowest BCUT2D eigenvalue weighted by atomic mass is 10.0. The van der Waals surface area contributed by atoms with Gasteiger partial charge in [0.2, 0.25) is 0 Å². The van der Waals surface area contributed by atoms with Gasteiger partial charge in [0, 0.05) is 22.4 Å². The molecule has 1 aliphatic heterocycles. The Morgan fingerprint density at radius 2 is 2.00 bits per heavy atom. The quantitative estimate of drug-likeness (QED) is 0.739. The lowest BCUT2D eigenvalue weighted by Crippen LogP contribution is -2.04. The van der Waals surface area contributed by atoms with Crippen LogP contribution in [0, 0.1) is 0 Å². The van der Waals surface area contributed by atoms with Crippen molar-refractivity contribution in [1.29, 1.82) is 0 Å². The van der Waals surface area contributed by atoms with Gasteiger partial charge >= 0.3 is 0 Å². The Hall–Kier alpha value is -3.05. The first kappa shape index (κ1) is 15.5. The van der Waals surface area contributed by atoms with Crippen molar-refractivity contribution in [3.05, 3.63) is 80.7 Å². The summed E-state index contributed by atoms with van der Waals surface area (Å²) in [6.45, 7) is 0.219. The molecular weight excluding hydrogens is 338 g/mol. The van der Waals surface area contributed by atoms with E-state index in [0.717, 1.165) is 16.8 Å². The van der Waals surface area contributed by atoms with E-state index in [0.29, 0.717) is 22.0 Å². The summed E-state index contributed by atoms with van der Waals surface area (Å²) in [5.41, 5.74) is 3.79. The van der Waals surface area contributed by atoms with Gasteiger partial charge < -0.3 is 4.74 Å². The number of hydrogen-bond donors (Lipinski definition) is 2. The second-order valence-corrected chi connectivity index (χ2v) is 6.03. The third-order valence-corrected chi connectivity index (χ3v) is 4.17. The molecule has 2 aromatic carbocycles. The monoisotopic (exact) mass is 351 g/mol. The number of para-hydroxylation sites is 1. The molecule has 0 fully saturated rings. The van der Waals surface area contributed by atoms with Gasteiger partial charge in [-0.05, 0) is 30.3 Å². The minimum atomic E-state index is -0.199.